The molecule has 4 nitrogen and oxygen atoms in total. The van der Waals surface area contributed by atoms with E-state index in [2.05, 4.69) is 10.1 Å². The van der Waals surface area contributed by atoms with Crippen LogP contribution in [0.2, 0.25) is 5.02 Å². The molecule has 0 fully saturated rings. The first kappa shape index (κ1) is 12.5. The molecule has 0 aliphatic carbocycles. The molecule has 0 radical (unpaired) electrons. The quantitative estimate of drug-likeness (QED) is 0.648. The highest BCUT2D eigenvalue weighted by Crippen LogP contribution is 2.23. The second-order valence-electron chi connectivity index (χ2n) is 3.18. The molecule has 0 bridgehead atoms. The van der Waals surface area contributed by atoms with Gasteiger partial charge in [-0.1, -0.05) is 11.6 Å². The number of carbonyl (C=O) groups is 2. The van der Waals surface area contributed by atoms with Crippen molar-refractivity contribution >= 4 is 29.0 Å². The average molecular weight is 242 g/mol. The Balaban J connectivity index is 2.82. The van der Waals surface area contributed by atoms with E-state index in [1.54, 1.807) is 18.2 Å². The molecule has 0 atom stereocenters. The highest BCUT2D eigenvalue weighted by atomic mass is 35.5. The molecule has 0 saturated heterocycles. The first-order valence-corrected chi connectivity index (χ1v) is 5.03. The number of esters is 1. The molecule has 0 aliphatic rings. The van der Waals surface area contributed by atoms with E-state index < -0.39 is 5.97 Å². The number of carbonyl (C=O) groups excluding carboxylic acids is 2. The number of Topliss-reactive ketones (excluding diaryl/α,β-unsaturated/α-hetero) is 1. The zero-order chi connectivity index (χ0) is 12.1. The van der Waals surface area contributed by atoms with Gasteiger partial charge < -0.3 is 10.1 Å². The van der Waals surface area contributed by atoms with Gasteiger partial charge in [0.05, 0.1) is 17.8 Å². The number of ether oxygens (including phenoxy) is 1. The van der Waals surface area contributed by atoms with E-state index in [0.29, 0.717) is 16.3 Å². The van der Waals surface area contributed by atoms with Crippen LogP contribution in [0.1, 0.15) is 17.3 Å². The fraction of sp³-hybridized carbons (Fsp3) is 0.273. The number of nitrogens with one attached hydrogen (secondary N) is 1. The summed E-state index contributed by atoms with van der Waals surface area (Å²) in [5.41, 5.74) is 1.08. The second kappa shape index (κ2) is 5.51. The van der Waals surface area contributed by atoms with Crippen LogP contribution in [0.4, 0.5) is 5.69 Å². The SMILES string of the molecule is COC(=O)CNc1cc(C(C)=O)ccc1Cl. The molecule has 0 aliphatic heterocycles. The highest BCUT2D eigenvalue weighted by Gasteiger charge is 2.06. The Morgan fingerprint density at radius 2 is 2.12 bits per heavy atom. The number of anilines is 1. The lowest BCUT2D eigenvalue weighted by atomic mass is 10.1. The van der Waals surface area contributed by atoms with Crippen LogP contribution in [0.3, 0.4) is 0 Å². The lowest BCUT2D eigenvalue weighted by Crippen LogP contribution is -2.15. The maximum Gasteiger partial charge on any atom is 0.325 e. The Hall–Kier alpha value is -1.55. The van der Waals surface area contributed by atoms with Gasteiger partial charge in [0.25, 0.3) is 0 Å². The molecule has 0 unspecified atom stereocenters. The summed E-state index contributed by atoms with van der Waals surface area (Å²) in [4.78, 5) is 22.1. The third-order valence-corrected chi connectivity index (χ3v) is 2.35. The standard InChI is InChI=1S/C11H12ClNO3/c1-7(14)8-3-4-9(12)10(5-8)13-6-11(15)16-2/h3-5,13H,6H2,1-2H3. The van der Waals surface area contributed by atoms with Crippen molar-refractivity contribution in [3.63, 3.8) is 0 Å². The summed E-state index contributed by atoms with van der Waals surface area (Å²) in [6, 6.07) is 4.85. The van der Waals surface area contributed by atoms with E-state index in [1.807, 2.05) is 0 Å². The summed E-state index contributed by atoms with van der Waals surface area (Å²) in [6.07, 6.45) is 0. The Morgan fingerprint density at radius 3 is 2.69 bits per heavy atom. The molecule has 0 heterocycles. The van der Waals surface area contributed by atoms with Gasteiger partial charge in [0.15, 0.2) is 5.78 Å². The van der Waals surface area contributed by atoms with Gasteiger partial charge in [-0.05, 0) is 25.1 Å². The van der Waals surface area contributed by atoms with Crippen molar-refractivity contribution in [3.8, 4) is 0 Å². The normalized spacial score (nSPS) is 9.69. The molecule has 0 amide bonds. The van der Waals surface area contributed by atoms with Gasteiger partial charge in [0.2, 0.25) is 0 Å². The summed E-state index contributed by atoms with van der Waals surface area (Å²) in [5.74, 6) is -0.456. The van der Waals surface area contributed by atoms with Gasteiger partial charge in [-0.2, -0.15) is 0 Å². The van der Waals surface area contributed by atoms with Crippen molar-refractivity contribution in [2.24, 2.45) is 0 Å². The number of hydrogen-bond acceptors (Lipinski definition) is 4. The van der Waals surface area contributed by atoms with Crippen molar-refractivity contribution in [2.45, 2.75) is 6.92 Å². The minimum Gasteiger partial charge on any atom is -0.468 e. The van der Waals surface area contributed by atoms with Crippen LogP contribution in [0.25, 0.3) is 0 Å². The Morgan fingerprint density at radius 1 is 1.44 bits per heavy atom. The molecule has 1 aromatic carbocycles. The van der Waals surface area contributed by atoms with Crippen LogP contribution < -0.4 is 5.32 Å². The van der Waals surface area contributed by atoms with Gasteiger partial charge >= 0.3 is 5.97 Å². The molecule has 1 N–H and O–H groups in total. The third kappa shape index (κ3) is 3.24. The number of hydrogen-bond donors (Lipinski definition) is 1. The number of methoxy groups -OCH3 is 1. The molecule has 1 aromatic rings. The second-order valence-corrected chi connectivity index (χ2v) is 3.59. The molecule has 1 rings (SSSR count). The van der Waals surface area contributed by atoms with Crippen molar-refractivity contribution in [2.75, 3.05) is 19.0 Å². The third-order valence-electron chi connectivity index (χ3n) is 2.02. The minimum atomic E-state index is -0.399. The summed E-state index contributed by atoms with van der Waals surface area (Å²) < 4.78 is 4.48. The maximum atomic E-state index is 11.1. The van der Waals surface area contributed by atoms with Crippen molar-refractivity contribution in [1.82, 2.24) is 0 Å². The number of ketones is 1. The van der Waals surface area contributed by atoms with Gasteiger partial charge in [-0.25, -0.2) is 0 Å². The molecular weight excluding hydrogens is 230 g/mol. The van der Waals surface area contributed by atoms with Gasteiger partial charge in [-0.3, -0.25) is 9.59 Å². The number of halogens is 1. The fourth-order valence-electron chi connectivity index (χ4n) is 1.12. The minimum absolute atomic E-state index is 0.0115. The summed E-state index contributed by atoms with van der Waals surface area (Å²) in [6.45, 7) is 1.48. The lowest BCUT2D eigenvalue weighted by molar-refractivity contribution is -0.138. The van der Waals surface area contributed by atoms with Crippen molar-refractivity contribution in [1.29, 1.82) is 0 Å². The monoisotopic (exact) mass is 241 g/mol. The predicted octanol–water partition coefficient (Wildman–Crippen LogP) is 2.13. The predicted molar refractivity (Wildman–Crippen MR) is 62.0 cm³/mol. The molecular formula is C11H12ClNO3. The fourth-order valence-corrected chi connectivity index (χ4v) is 1.30. The zero-order valence-corrected chi connectivity index (χ0v) is 9.80. The van der Waals surface area contributed by atoms with E-state index in [0.717, 1.165) is 0 Å². The summed E-state index contributed by atoms with van der Waals surface area (Å²) in [5, 5.41) is 3.25. The molecule has 0 aromatic heterocycles. The van der Waals surface area contributed by atoms with Crippen LogP contribution in [0, 0.1) is 0 Å². The molecule has 0 spiro atoms. The molecule has 16 heavy (non-hydrogen) atoms. The average Bonchev–Trinajstić information content (AvgIpc) is 2.27. The Labute approximate surface area is 98.5 Å². The lowest BCUT2D eigenvalue weighted by Gasteiger charge is -2.08. The van der Waals surface area contributed by atoms with Crippen LogP contribution >= 0.6 is 11.6 Å². The first-order valence-electron chi connectivity index (χ1n) is 4.65. The van der Waals surface area contributed by atoms with E-state index in [4.69, 9.17) is 11.6 Å². The van der Waals surface area contributed by atoms with E-state index >= 15 is 0 Å². The number of benzene rings is 1. The topological polar surface area (TPSA) is 55.4 Å². The smallest absolute Gasteiger partial charge is 0.325 e. The maximum absolute atomic E-state index is 11.1. The van der Waals surface area contributed by atoms with Crippen molar-refractivity contribution < 1.29 is 14.3 Å². The van der Waals surface area contributed by atoms with Gasteiger partial charge in [0, 0.05) is 5.56 Å². The summed E-state index contributed by atoms with van der Waals surface area (Å²) in [7, 11) is 1.30. The van der Waals surface area contributed by atoms with E-state index in [-0.39, 0.29) is 12.3 Å². The van der Waals surface area contributed by atoms with Crippen LogP contribution in [0.5, 0.6) is 0 Å². The van der Waals surface area contributed by atoms with Gasteiger partial charge in [-0.15, -0.1) is 0 Å². The zero-order valence-electron chi connectivity index (χ0n) is 9.04. The van der Waals surface area contributed by atoms with Crippen molar-refractivity contribution in [3.05, 3.63) is 28.8 Å². The van der Waals surface area contributed by atoms with E-state index in [1.165, 1.54) is 14.0 Å². The van der Waals surface area contributed by atoms with Gasteiger partial charge in [0.1, 0.15) is 6.54 Å². The highest BCUT2D eigenvalue weighted by molar-refractivity contribution is 6.33. The first-order chi connectivity index (χ1) is 7.54. The molecule has 0 saturated carbocycles. The summed E-state index contributed by atoms with van der Waals surface area (Å²) >= 11 is 5.90. The molecule has 86 valence electrons. The Kier molecular flexibility index (Phi) is 4.31. The van der Waals surface area contributed by atoms with Crippen LogP contribution in [0.15, 0.2) is 18.2 Å². The Bertz CT molecular complexity index is 418. The molecule has 5 heteroatoms. The van der Waals surface area contributed by atoms with E-state index in [9.17, 15) is 9.59 Å². The number of rotatable bonds is 4. The van der Waals surface area contributed by atoms with Crippen LogP contribution in [-0.2, 0) is 9.53 Å². The largest absolute Gasteiger partial charge is 0.468 e. The van der Waals surface area contributed by atoms with Crippen LogP contribution in [-0.4, -0.2) is 25.4 Å².